The molecule has 1 atom stereocenters. The van der Waals surface area contributed by atoms with E-state index in [-0.39, 0.29) is 26.9 Å². The number of aliphatic hydroxyl groups is 1. The molecule has 0 spiro atoms. The van der Waals surface area contributed by atoms with Crippen LogP contribution in [-0.4, -0.2) is 35.4 Å². The molecule has 6 nitrogen and oxygen atoms in total. The van der Waals surface area contributed by atoms with Gasteiger partial charge in [-0.1, -0.05) is 36.5 Å². The number of Topliss-reactive ketones (excluding diaryl/α,β-unsaturated/α-hetero) is 1. The topological polar surface area (TPSA) is 80.0 Å². The lowest BCUT2D eigenvalue weighted by atomic mass is 9.98. The molecule has 29 heavy (non-hydrogen) atoms. The van der Waals surface area contributed by atoms with E-state index in [1.807, 2.05) is 6.92 Å². The summed E-state index contributed by atoms with van der Waals surface area (Å²) in [6.45, 7) is 4.11. The fraction of sp³-hybridized carbons (Fsp3) is 0.333. The lowest BCUT2D eigenvalue weighted by Crippen LogP contribution is -2.30. The summed E-state index contributed by atoms with van der Waals surface area (Å²) in [6, 6.07) is 5.49. The standard InChI is InChI=1S/C21H21Cl2NO5/c1-4-5-8-24-17(15-7-6-11(2)29-15)16(19(26)21(24)27)18(25)13-9-12(22)10-14(23)20(13)28-3/h6-7,9-10,17,25H,4-5,8H2,1-3H3/b18-16+. The predicted molar refractivity (Wildman–Crippen MR) is 110 cm³/mol. The molecule has 0 aliphatic carbocycles. The van der Waals surface area contributed by atoms with Gasteiger partial charge in [-0.25, -0.2) is 0 Å². The molecule has 1 saturated heterocycles. The van der Waals surface area contributed by atoms with Crippen LogP contribution in [0.15, 0.2) is 34.3 Å². The second kappa shape index (κ2) is 8.51. The number of ketones is 1. The van der Waals surface area contributed by atoms with Crippen LogP contribution >= 0.6 is 23.2 Å². The molecule has 0 saturated carbocycles. The van der Waals surface area contributed by atoms with Crippen molar-refractivity contribution in [2.45, 2.75) is 32.7 Å². The minimum atomic E-state index is -0.849. The molecule has 1 aromatic heterocycles. The van der Waals surface area contributed by atoms with Crippen LogP contribution in [0, 0.1) is 6.92 Å². The summed E-state index contributed by atoms with van der Waals surface area (Å²) in [7, 11) is 1.39. The Labute approximate surface area is 178 Å². The van der Waals surface area contributed by atoms with Gasteiger partial charge in [0, 0.05) is 11.6 Å². The fourth-order valence-electron chi connectivity index (χ4n) is 3.42. The van der Waals surface area contributed by atoms with Gasteiger partial charge < -0.3 is 19.2 Å². The molecule has 1 aromatic carbocycles. The number of aryl methyl sites for hydroxylation is 1. The van der Waals surface area contributed by atoms with Gasteiger partial charge in [0.2, 0.25) is 0 Å². The first-order valence-electron chi connectivity index (χ1n) is 9.18. The van der Waals surface area contributed by atoms with E-state index < -0.39 is 23.5 Å². The number of hydrogen-bond acceptors (Lipinski definition) is 5. The third kappa shape index (κ3) is 3.87. The first kappa shape index (κ1) is 21.3. The number of rotatable bonds is 6. The van der Waals surface area contributed by atoms with Crippen LogP contribution in [0.4, 0.5) is 0 Å². The number of ether oxygens (including phenoxy) is 1. The Kier molecular flexibility index (Phi) is 6.24. The zero-order valence-electron chi connectivity index (χ0n) is 16.3. The molecule has 1 unspecified atom stereocenters. The maximum Gasteiger partial charge on any atom is 0.295 e. The van der Waals surface area contributed by atoms with Gasteiger partial charge in [0.1, 0.15) is 29.1 Å². The van der Waals surface area contributed by atoms with Gasteiger partial charge in [0.05, 0.1) is 23.3 Å². The van der Waals surface area contributed by atoms with Crippen LogP contribution in [0.3, 0.4) is 0 Å². The molecular formula is C21H21Cl2NO5. The van der Waals surface area contributed by atoms with E-state index in [0.29, 0.717) is 24.5 Å². The van der Waals surface area contributed by atoms with Crippen LogP contribution in [0.1, 0.15) is 42.9 Å². The van der Waals surface area contributed by atoms with E-state index in [2.05, 4.69) is 0 Å². The van der Waals surface area contributed by atoms with Crippen molar-refractivity contribution in [3.63, 3.8) is 0 Å². The molecule has 3 rings (SSSR count). The molecule has 154 valence electrons. The third-order valence-electron chi connectivity index (χ3n) is 4.79. The minimum absolute atomic E-state index is 0.0860. The Morgan fingerprint density at radius 3 is 2.59 bits per heavy atom. The molecule has 2 aromatic rings. The van der Waals surface area contributed by atoms with Crippen LogP contribution < -0.4 is 4.74 Å². The van der Waals surface area contributed by atoms with Crippen molar-refractivity contribution in [3.05, 3.63) is 57.0 Å². The highest BCUT2D eigenvalue weighted by atomic mass is 35.5. The summed E-state index contributed by atoms with van der Waals surface area (Å²) in [5, 5.41) is 11.5. The van der Waals surface area contributed by atoms with E-state index in [1.165, 1.54) is 24.1 Å². The van der Waals surface area contributed by atoms with E-state index in [1.54, 1.807) is 19.1 Å². The number of furan rings is 1. The van der Waals surface area contributed by atoms with Gasteiger partial charge in [-0.2, -0.15) is 0 Å². The largest absolute Gasteiger partial charge is 0.507 e. The van der Waals surface area contributed by atoms with Crippen molar-refractivity contribution >= 4 is 40.7 Å². The normalized spacial score (nSPS) is 18.5. The molecular weight excluding hydrogens is 417 g/mol. The van der Waals surface area contributed by atoms with E-state index >= 15 is 0 Å². The molecule has 1 aliphatic rings. The van der Waals surface area contributed by atoms with Gasteiger partial charge >= 0.3 is 0 Å². The molecule has 8 heteroatoms. The van der Waals surface area contributed by atoms with Crippen molar-refractivity contribution in [2.75, 3.05) is 13.7 Å². The summed E-state index contributed by atoms with van der Waals surface area (Å²) in [6.07, 6.45) is 1.54. The molecule has 1 fully saturated rings. The Bertz CT molecular complexity index is 995. The maximum atomic E-state index is 12.9. The highest BCUT2D eigenvalue weighted by molar-refractivity contribution is 6.46. The lowest BCUT2D eigenvalue weighted by Gasteiger charge is -2.23. The number of nitrogens with zero attached hydrogens (tertiary/aromatic N) is 1. The number of unbranched alkanes of at least 4 members (excludes halogenated alkanes) is 1. The zero-order chi connectivity index (χ0) is 21.3. The number of aliphatic hydroxyl groups excluding tert-OH is 1. The quantitative estimate of drug-likeness (QED) is 0.385. The van der Waals surface area contributed by atoms with Crippen molar-refractivity contribution in [1.29, 1.82) is 0 Å². The smallest absolute Gasteiger partial charge is 0.295 e. The second-order valence-corrected chi connectivity index (χ2v) is 7.61. The molecule has 1 amide bonds. The van der Waals surface area contributed by atoms with Crippen molar-refractivity contribution in [3.8, 4) is 5.75 Å². The molecule has 1 N–H and O–H groups in total. The summed E-state index contributed by atoms with van der Waals surface area (Å²) in [4.78, 5) is 27.1. The summed E-state index contributed by atoms with van der Waals surface area (Å²) < 4.78 is 11.0. The Hall–Kier alpha value is -2.44. The van der Waals surface area contributed by atoms with Crippen LogP contribution in [0.5, 0.6) is 5.75 Å². The van der Waals surface area contributed by atoms with Crippen molar-refractivity contribution in [2.24, 2.45) is 0 Å². The lowest BCUT2D eigenvalue weighted by molar-refractivity contribution is -0.140. The van der Waals surface area contributed by atoms with Crippen molar-refractivity contribution in [1.82, 2.24) is 4.90 Å². The number of methoxy groups -OCH3 is 1. The second-order valence-electron chi connectivity index (χ2n) is 6.76. The Morgan fingerprint density at radius 2 is 2.00 bits per heavy atom. The first-order valence-corrected chi connectivity index (χ1v) is 9.93. The maximum absolute atomic E-state index is 12.9. The van der Waals surface area contributed by atoms with E-state index in [0.717, 1.165) is 6.42 Å². The zero-order valence-corrected chi connectivity index (χ0v) is 17.8. The SMILES string of the molecule is CCCCN1C(=O)C(=O)/C(=C(/O)c2cc(Cl)cc(Cl)c2OC)C1c1ccc(C)o1. The van der Waals surface area contributed by atoms with E-state index in [9.17, 15) is 14.7 Å². The third-order valence-corrected chi connectivity index (χ3v) is 5.29. The molecule has 0 bridgehead atoms. The van der Waals surface area contributed by atoms with Gasteiger partial charge in [0.15, 0.2) is 0 Å². The molecule has 0 radical (unpaired) electrons. The van der Waals surface area contributed by atoms with Crippen LogP contribution in [0.25, 0.3) is 5.76 Å². The number of amides is 1. The number of carbonyl (C=O) groups is 2. The number of carbonyl (C=O) groups excluding carboxylic acids is 2. The minimum Gasteiger partial charge on any atom is -0.507 e. The fourth-order valence-corrected chi connectivity index (χ4v) is 3.99. The van der Waals surface area contributed by atoms with Crippen LogP contribution in [0.2, 0.25) is 10.0 Å². The summed E-state index contributed by atoms with van der Waals surface area (Å²) in [5.74, 6) is -0.719. The summed E-state index contributed by atoms with van der Waals surface area (Å²) in [5.41, 5.74) is 0.0452. The number of benzene rings is 1. The number of hydrogen-bond donors (Lipinski definition) is 1. The highest BCUT2D eigenvalue weighted by Crippen LogP contribution is 2.43. The molecule has 2 heterocycles. The number of likely N-dealkylation sites (tertiary alicyclic amines) is 1. The number of halogens is 2. The first-order chi connectivity index (χ1) is 13.8. The van der Waals surface area contributed by atoms with E-state index in [4.69, 9.17) is 32.4 Å². The average molecular weight is 438 g/mol. The molecule has 1 aliphatic heterocycles. The Morgan fingerprint density at radius 1 is 1.28 bits per heavy atom. The monoisotopic (exact) mass is 437 g/mol. The predicted octanol–water partition coefficient (Wildman–Crippen LogP) is 5.13. The van der Waals surface area contributed by atoms with Crippen molar-refractivity contribution < 1.29 is 23.8 Å². The van der Waals surface area contributed by atoms with Gasteiger partial charge in [-0.05, 0) is 37.6 Å². The Balaban J connectivity index is 2.24. The van der Waals surface area contributed by atoms with Gasteiger partial charge in [-0.15, -0.1) is 0 Å². The summed E-state index contributed by atoms with van der Waals surface area (Å²) >= 11 is 12.3. The van der Waals surface area contributed by atoms with Gasteiger partial charge in [-0.3, -0.25) is 9.59 Å². The highest BCUT2D eigenvalue weighted by Gasteiger charge is 2.47. The van der Waals surface area contributed by atoms with Gasteiger partial charge in [0.25, 0.3) is 11.7 Å². The van der Waals surface area contributed by atoms with Crippen LogP contribution in [-0.2, 0) is 9.59 Å². The average Bonchev–Trinajstić information content (AvgIpc) is 3.20.